The van der Waals surface area contributed by atoms with E-state index in [9.17, 15) is 14.7 Å². The number of rotatable bonds is 4. The molecule has 2 rings (SSSR count). The second-order valence-electron chi connectivity index (χ2n) is 6.80. The van der Waals surface area contributed by atoms with Crippen LogP contribution in [0.2, 0.25) is 0 Å². The molecule has 0 bridgehead atoms. The van der Waals surface area contributed by atoms with Crippen LogP contribution in [0, 0.1) is 12.3 Å². The van der Waals surface area contributed by atoms with Crippen molar-refractivity contribution < 1.29 is 19.1 Å². The van der Waals surface area contributed by atoms with Gasteiger partial charge in [-0.15, -0.1) is 0 Å². The first-order valence-corrected chi connectivity index (χ1v) is 7.60. The van der Waals surface area contributed by atoms with Crippen LogP contribution in [0.1, 0.15) is 39.2 Å². The van der Waals surface area contributed by atoms with Crippen LogP contribution in [0.4, 0.5) is 0 Å². The van der Waals surface area contributed by atoms with Crippen molar-refractivity contribution in [2.75, 3.05) is 0 Å². The molecule has 0 aliphatic heterocycles. The van der Waals surface area contributed by atoms with Gasteiger partial charge in [0.05, 0.1) is 6.10 Å². The van der Waals surface area contributed by atoms with Gasteiger partial charge in [-0.25, -0.2) is 4.79 Å². The number of hydrogen-bond donors (Lipinski definition) is 1. The molecule has 0 radical (unpaired) electrons. The van der Waals surface area contributed by atoms with Crippen LogP contribution in [0.3, 0.4) is 0 Å². The number of ether oxygens (including phenoxy) is 1. The largest absolute Gasteiger partial charge is 0.426 e. The number of aliphatic hydroxyl groups is 1. The van der Waals surface area contributed by atoms with E-state index in [0.717, 1.165) is 10.9 Å². The molecule has 5 nitrogen and oxygen atoms in total. The van der Waals surface area contributed by atoms with Crippen molar-refractivity contribution >= 4 is 16.9 Å². The van der Waals surface area contributed by atoms with E-state index in [4.69, 9.17) is 9.15 Å². The van der Waals surface area contributed by atoms with Gasteiger partial charge in [0.25, 0.3) is 0 Å². The number of aryl methyl sites for hydroxylation is 1. The molecule has 0 spiro atoms. The van der Waals surface area contributed by atoms with Gasteiger partial charge in [-0.3, -0.25) is 4.79 Å². The van der Waals surface area contributed by atoms with Crippen LogP contribution >= 0.6 is 0 Å². The minimum atomic E-state index is -0.577. The van der Waals surface area contributed by atoms with Crippen LogP contribution < -0.4 is 10.4 Å². The van der Waals surface area contributed by atoms with Gasteiger partial charge in [0.1, 0.15) is 11.3 Å². The first kappa shape index (κ1) is 17.2. The molecule has 0 fully saturated rings. The van der Waals surface area contributed by atoms with Crippen LogP contribution in [-0.4, -0.2) is 17.2 Å². The minimum Gasteiger partial charge on any atom is -0.426 e. The Morgan fingerprint density at radius 1 is 1.30 bits per heavy atom. The van der Waals surface area contributed by atoms with E-state index in [2.05, 4.69) is 0 Å². The van der Waals surface area contributed by atoms with Gasteiger partial charge in [-0.1, -0.05) is 20.8 Å². The number of hydrogen-bond acceptors (Lipinski definition) is 5. The molecular weight excluding hydrogens is 296 g/mol. The van der Waals surface area contributed by atoms with Gasteiger partial charge in [-0.05, 0) is 36.5 Å². The fourth-order valence-electron chi connectivity index (χ4n) is 2.24. The van der Waals surface area contributed by atoms with Crippen LogP contribution in [0.15, 0.2) is 33.5 Å². The van der Waals surface area contributed by atoms with Crippen molar-refractivity contribution in [3.8, 4) is 5.75 Å². The molecular formula is C18H22O5. The number of carbonyl (C=O) groups excluding carboxylic acids is 1. The third-order valence-corrected chi connectivity index (χ3v) is 3.78. The van der Waals surface area contributed by atoms with E-state index in [-0.39, 0.29) is 11.8 Å². The van der Waals surface area contributed by atoms with E-state index >= 15 is 0 Å². The number of fused-ring (bicyclic) bond motifs is 1. The first-order chi connectivity index (χ1) is 10.7. The van der Waals surface area contributed by atoms with Gasteiger partial charge in [-0.2, -0.15) is 0 Å². The number of carbonyl (C=O) groups is 1. The molecule has 2 aromatic rings. The Labute approximate surface area is 134 Å². The first-order valence-electron chi connectivity index (χ1n) is 7.60. The lowest BCUT2D eigenvalue weighted by molar-refractivity contribution is -0.135. The Bertz CT molecular complexity index is 767. The summed E-state index contributed by atoms with van der Waals surface area (Å²) < 4.78 is 10.4. The van der Waals surface area contributed by atoms with E-state index in [1.165, 1.54) is 12.1 Å². The Morgan fingerprint density at radius 3 is 2.65 bits per heavy atom. The van der Waals surface area contributed by atoms with Gasteiger partial charge < -0.3 is 14.3 Å². The van der Waals surface area contributed by atoms with Crippen LogP contribution in [-0.2, 0) is 4.79 Å². The molecule has 0 amide bonds. The molecule has 0 saturated heterocycles. The summed E-state index contributed by atoms with van der Waals surface area (Å²) in [6.45, 7) is 7.56. The third-order valence-electron chi connectivity index (χ3n) is 3.78. The molecule has 23 heavy (non-hydrogen) atoms. The number of benzene rings is 1. The summed E-state index contributed by atoms with van der Waals surface area (Å²) in [4.78, 5) is 23.3. The maximum Gasteiger partial charge on any atom is 0.336 e. The summed E-state index contributed by atoms with van der Waals surface area (Å²) in [5.74, 6) is -0.107. The lowest BCUT2D eigenvalue weighted by Crippen LogP contribution is -2.27. The van der Waals surface area contributed by atoms with E-state index in [1.54, 1.807) is 12.1 Å². The molecule has 1 aromatic carbocycles. The minimum absolute atomic E-state index is 0.119. The predicted octanol–water partition coefficient (Wildman–Crippen LogP) is 3.19. The molecule has 1 atom stereocenters. The molecule has 0 saturated carbocycles. The zero-order chi connectivity index (χ0) is 17.2. The lowest BCUT2D eigenvalue weighted by atomic mass is 9.86. The summed E-state index contributed by atoms with van der Waals surface area (Å²) in [6.07, 6.45) is -0.120. The molecule has 1 unspecified atom stereocenters. The molecule has 1 aromatic heterocycles. The highest BCUT2D eigenvalue weighted by Crippen LogP contribution is 2.24. The Morgan fingerprint density at radius 2 is 2.00 bits per heavy atom. The molecule has 1 N–H and O–H groups in total. The van der Waals surface area contributed by atoms with Crippen molar-refractivity contribution in [3.05, 3.63) is 40.2 Å². The topological polar surface area (TPSA) is 76.7 Å². The molecule has 0 aliphatic carbocycles. The third kappa shape index (κ3) is 4.42. The molecule has 0 aliphatic rings. The maximum absolute atomic E-state index is 11.9. The maximum atomic E-state index is 11.9. The lowest BCUT2D eigenvalue weighted by Gasteiger charge is -2.25. The predicted molar refractivity (Wildman–Crippen MR) is 87.6 cm³/mol. The fraction of sp³-hybridized carbons (Fsp3) is 0.444. The second-order valence-corrected chi connectivity index (χ2v) is 6.80. The number of aliphatic hydroxyl groups excluding tert-OH is 1. The van der Waals surface area contributed by atoms with Crippen molar-refractivity contribution in [2.45, 2.75) is 46.6 Å². The van der Waals surface area contributed by atoms with E-state index in [0.29, 0.717) is 17.8 Å². The summed E-state index contributed by atoms with van der Waals surface area (Å²) in [6, 6.07) is 6.36. The quantitative estimate of drug-likeness (QED) is 0.532. The van der Waals surface area contributed by atoms with Crippen LogP contribution in [0.25, 0.3) is 11.0 Å². The van der Waals surface area contributed by atoms with Crippen molar-refractivity contribution in [2.24, 2.45) is 5.41 Å². The normalized spacial score (nSPS) is 13.1. The highest BCUT2D eigenvalue weighted by Gasteiger charge is 2.23. The van der Waals surface area contributed by atoms with Crippen molar-refractivity contribution in [1.82, 2.24) is 0 Å². The van der Waals surface area contributed by atoms with Crippen molar-refractivity contribution in [1.29, 1.82) is 0 Å². The van der Waals surface area contributed by atoms with E-state index in [1.807, 2.05) is 27.7 Å². The number of esters is 1. The summed E-state index contributed by atoms with van der Waals surface area (Å²) in [5.41, 5.74) is 0.480. The van der Waals surface area contributed by atoms with Crippen molar-refractivity contribution in [3.63, 3.8) is 0 Å². The second kappa shape index (κ2) is 6.54. The summed E-state index contributed by atoms with van der Waals surface area (Å²) >= 11 is 0. The van der Waals surface area contributed by atoms with Gasteiger partial charge in [0, 0.05) is 23.9 Å². The Hall–Kier alpha value is -2.14. The van der Waals surface area contributed by atoms with E-state index < -0.39 is 17.7 Å². The average molecular weight is 318 g/mol. The van der Waals surface area contributed by atoms with Gasteiger partial charge in [0.2, 0.25) is 0 Å². The highest BCUT2D eigenvalue weighted by atomic mass is 16.5. The molecule has 1 heterocycles. The SMILES string of the molecule is Cc1cc(=O)oc2cc(OC(=O)CCC(O)C(C)(C)C)ccc12. The standard InChI is InChI=1S/C18H22O5/c1-11-9-17(21)23-14-10-12(5-6-13(11)14)22-16(20)8-7-15(19)18(2,3)4/h5-6,9-10,15,19H,7-8H2,1-4H3. The summed E-state index contributed by atoms with van der Waals surface area (Å²) in [7, 11) is 0. The van der Waals surface area contributed by atoms with Gasteiger partial charge in [0.15, 0.2) is 0 Å². The smallest absolute Gasteiger partial charge is 0.336 e. The van der Waals surface area contributed by atoms with Crippen LogP contribution in [0.5, 0.6) is 5.75 Å². The zero-order valence-electron chi connectivity index (χ0n) is 13.9. The monoisotopic (exact) mass is 318 g/mol. The summed E-state index contributed by atoms with van der Waals surface area (Å²) in [5, 5.41) is 10.7. The fourth-order valence-corrected chi connectivity index (χ4v) is 2.24. The molecule has 5 heteroatoms. The highest BCUT2D eigenvalue weighted by molar-refractivity contribution is 5.82. The Balaban J connectivity index is 2.07. The average Bonchev–Trinajstić information content (AvgIpc) is 2.43. The molecule has 124 valence electrons. The zero-order valence-corrected chi connectivity index (χ0v) is 13.9. The van der Waals surface area contributed by atoms with Gasteiger partial charge >= 0.3 is 11.6 Å². The Kier molecular flexibility index (Phi) is 4.90.